The van der Waals surface area contributed by atoms with Crippen molar-refractivity contribution in [3.8, 4) is 0 Å². The Morgan fingerprint density at radius 1 is 1.64 bits per heavy atom. The lowest BCUT2D eigenvalue weighted by Gasteiger charge is -2.03. The molecule has 0 bridgehead atoms. The fourth-order valence-corrected chi connectivity index (χ4v) is 0.512. The standard InChI is InChI=1S/C7H16FN3/c1-6(2)5-11-7(9)10-4-3-8/h6H,3-5H2,1-2H3,(H3,9,10,11). The summed E-state index contributed by atoms with van der Waals surface area (Å²) in [5, 5.41) is 2.64. The lowest BCUT2D eigenvalue weighted by Crippen LogP contribution is -2.33. The van der Waals surface area contributed by atoms with Gasteiger partial charge in [0.05, 0.1) is 0 Å². The van der Waals surface area contributed by atoms with E-state index in [0.717, 1.165) is 0 Å². The number of hydrogen-bond acceptors (Lipinski definition) is 1. The van der Waals surface area contributed by atoms with Crippen LogP contribution >= 0.6 is 0 Å². The average Bonchev–Trinajstić information content (AvgIpc) is 1.97. The van der Waals surface area contributed by atoms with E-state index in [9.17, 15) is 4.39 Å². The molecule has 0 spiro atoms. The van der Waals surface area contributed by atoms with Crippen LogP contribution < -0.4 is 11.1 Å². The van der Waals surface area contributed by atoms with Gasteiger partial charge in [0.2, 0.25) is 0 Å². The van der Waals surface area contributed by atoms with Gasteiger partial charge < -0.3 is 11.1 Å². The molecule has 0 atom stereocenters. The van der Waals surface area contributed by atoms with Gasteiger partial charge in [-0.05, 0) is 5.92 Å². The molecule has 0 radical (unpaired) electrons. The fraction of sp³-hybridized carbons (Fsp3) is 0.857. The highest BCUT2D eigenvalue weighted by Gasteiger charge is 1.92. The summed E-state index contributed by atoms with van der Waals surface area (Å²) in [5.74, 6) is 0.817. The van der Waals surface area contributed by atoms with Crippen LogP contribution in [-0.2, 0) is 0 Å². The number of nitrogens with two attached hydrogens (primary N) is 1. The van der Waals surface area contributed by atoms with Crippen LogP contribution in [0.2, 0.25) is 0 Å². The molecular weight excluding hydrogens is 145 g/mol. The van der Waals surface area contributed by atoms with Gasteiger partial charge in [-0.1, -0.05) is 13.8 Å². The number of aliphatic imine (C=N–C) groups is 1. The molecule has 0 aromatic carbocycles. The first-order valence-electron chi connectivity index (χ1n) is 3.76. The maximum atomic E-state index is 11.6. The Hall–Kier alpha value is -0.800. The molecule has 0 aliphatic carbocycles. The summed E-state index contributed by atoms with van der Waals surface area (Å²) >= 11 is 0. The van der Waals surface area contributed by atoms with Crippen molar-refractivity contribution in [1.29, 1.82) is 0 Å². The monoisotopic (exact) mass is 161 g/mol. The van der Waals surface area contributed by atoms with Gasteiger partial charge in [-0.2, -0.15) is 0 Å². The molecule has 4 heteroatoms. The van der Waals surface area contributed by atoms with Gasteiger partial charge in [0.15, 0.2) is 5.96 Å². The van der Waals surface area contributed by atoms with E-state index >= 15 is 0 Å². The summed E-state index contributed by atoms with van der Waals surface area (Å²) in [6, 6.07) is 0. The molecule has 11 heavy (non-hydrogen) atoms. The van der Waals surface area contributed by atoms with Crippen LogP contribution in [0, 0.1) is 5.92 Å². The Bertz CT molecular complexity index is 123. The molecule has 0 aliphatic rings. The lowest BCUT2D eigenvalue weighted by molar-refractivity contribution is 0.490. The van der Waals surface area contributed by atoms with E-state index in [2.05, 4.69) is 10.3 Å². The van der Waals surface area contributed by atoms with Crippen molar-refractivity contribution in [2.24, 2.45) is 16.6 Å². The first-order valence-corrected chi connectivity index (χ1v) is 3.76. The molecule has 0 amide bonds. The van der Waals surface area contributed by atoms with Crippen LogP contribution in [0.25, 0.3) is 0 Å². The predicted octanol–water partition coefficient (Wildman–Crippen LogP) is 0.516. The number of rotatable bonds is 4. The van der Waals surface area contributed by atoms with Crippen molar-refractivity contribution in [3.05, 3.63) is 0 Å². The van der Waals surface area contributed by atoms with Crippen LogP contribution in [0.4, 0.5) is 4.39 Å². The summed E-state index contributed by atoms with van der Waals surface area (Å²) in [6.45, 7) is 4.61. The predicted molar refractivity (Wildman–Crippen MR) is 45.3 cm³/mol. The topological polar surface area (TPSA) is 50.4 Å². The van der Waals surface area contributed by atoms with Gasteiger partial charge in [-0.15, -0.1) is 0 Å². The van der Waals surface area contributed by atoms with Crippen LogP contribution in [0.5, 0.6) is 0 Å². The summed E-state index contributed by atoms with van der Waals surface area (Å²) in [4.78, 5) is 3.98. The molecule has 0 aliphatic heterocycles. The highest BCUT2D eigenvalue weighted by atomic mass is 19.1. The summed E-state index contributed by atoms with van der Waals surface area (Å²) in [5.41, 5.74) is 5.38. The first kappa shape index (κ1) is 10.2. The molecule has 0 saturated carbocycles. The second kappa shape index (κ2) is 5.95. The number of guanidine groups is 1. The van der Waals surface area contributed by atoms with Crippen molar-refractivity contribution < 1.29 is 4.39 Å². The Morgan fingerprint density at radius 2 is 2.27 bits per heavy atom. The average molecular weight is 161 g/mol. The summed E-state index contributed by atoms with van der Waals surface area (Å²) in [7, 11) is 0. The first-order chi connectivity index (χ1) is 5.16. The second-order valence-electron chi connectivity index (χ2n) is 2.74. The molecule has 0 unspecified atom stereocenters. The van der Waals surface area contributed by atoms with Crippen molar-refractivity contribution >= 4 is 5.96 Å². The van der Waals surface area contributed by atoms with E-state index in [1.165, 1.54) is 0 Å². The van der Waals surface area contributed by atoms with Crippen molar-refractivity contribution in [2.75, 3.05) is 19.8 Å². The quantitative estimate of drug-likeness (QED) is 0.466. The summed E-state index contributed by atoms with van der Waals surface area (Å²) in [6.07, 6.45) is 0. The van der Waals surface area contributed by atoms with Gasteiger partial charge >= 0.3 is 0 Å². The minimum absolute atomic E-state index is 0.243. The number of hydrogen-bond donors (Lipinski definition) is 2. The van der Waals surface area contributed by atoms with Gasteiger partial charge in [0.25, 0.3) is 0 Å². The Morgan fingerprint density at radius 3 is 2.73 bits per heavy atom. The number of halogens is 1. The zero-order chi connectivity index (χ0) is 8.69. The third-order valence-electron chi connectivity index (χ3n) is 1.03. The van der Waals surface area contributed by atoms with Gasteiger partial charge in [0, 0.05) is 13.1 Å². The SMILES string of the molecule is CC(C)CN=C(N)NCCF. The Labute approximate surface area is 66.9 Å². The molecule has 0 fully saturated rings. The van der Waals surface area contributed by atoms with Crippen LogP contribution in [-0.4, -0.2) is 25.7 Å². The number of nitrogens with one attached hydrogen (secondary N) is 1. The fourth-order valence-electron chi connectivity index (χ4n) is 0.512. The van der Waals surface area contributed by atoms with E-state index in [1.54, 1.807) is 0 Å². The molecule has 0 aromatic heterocycles. The van der Waals surface area contributed by atoms with E-state index in [1.807, 2.05) is 13.8 Å². The molecule has 3 nitrogen and oxygen atoms in total. The van der Waals surface area contributed by atoms with E-state index in [0.29, 0.717) is 18.4 Å². The zero-order valence-corrected chi connectivity index (χ0v) is 7.10. The molecule has 3 N–H and O–H groups in total. The molecule has 0 saturated heterocycles. The van der Waals surface area contributed by atoms with E-state index < -0.39 is 6.67 Å². The van der Waals surface area contributed by atoms with Gasteiger partial charge in [-0.25, -0.2) is 4.39 Å². The normalized spacial score (nSPS) is 12.2. The van der Waals surface area contributed by atoms with Crippen LogP contribution in [0.3, 0.4) is 0 Å². The van der Waals surface area contributed by atoms with Gasteiger partial charge in [-0.3, -0.25) is 4.99 Å². The lowest BCUT2D eigenvalue weighted by atomic mass is 10.2. The third kappa shape index (κ3) is 7.09. The molecular formula is C7H16FN3. The Kier molecular flexibility index (Phi) is 5.51. The minimum Gasteiger partial charge on any atom is -0.370 e. The number of alkyl halides is 1. The van der Waals surface area contributed by atoms with E-state index in [4.69, 9.17) is 5.73 Å². The molecule has 0 rings (SSSR count). The van der Waals surface area contributed by atoms with Crippen LogP contribution in [0.1, 0.15) is 13.8 Å². The minimum atomic E-state index is -0.419. The molecule has 66 valence electrons. The maximum Gasteiger partial charge on any atom is 0.188 e. The molecule has 0 heterocycles. The van der Waals surface area contributed by atoms with Crippen molar-refractivity contribution in [1.82, 2.24) is 5.32 Å². The third-order valence-corrected chi connectivity index (χ3v) is 1.03. The smallest absolute Gasteiger partial charge is 0.188 e. The maximum absolute atomic E-state index is 11.6. The Balaban J connectivity index is 3.46. The number of nitrogens with zero attached hydrogens (tertiary/aromatic N) is 1. The largest absolute Gasteiger partial charge is 0.370 e. The second-order valence-corrected chi connectivity index (χ2v) is 2.74. The molecule has 0 aromatic rings. The van der Waals surface area contributed by atoms with Crippen molar-refractivity contribution in [3.63, 3.8) is 0 Å². The van der Waals surface area contributed by atoms with Crippen molar-refractivity contribution in [2.45, 2.75) is 13.8 Å². The van der Waals surface area contributed by atoms with Crippen LogP contribution in [0.15, 0.2) is 4.99 Å². The highest BCUT2D eigenvalue weighted by Crippen LogP contribution is 1.90. The zero-order valence-electron chi connectivity index (χ0n) is 7.10. The summed E-state index contributed by atoms with van der Waals surface area (Å²) < 4.78 is 11.6. The van der Waals surface area contributed by atoms with Gasteiger partial charge in [0.1, 0.15) is 6.67 Å². The van der Waals surface area contributed by atoms with E-state index in [-0.39, 0.29) is 6.54 Å². The highest BCUT2D eigenvalue weighted by molar-refractivity contribution is 5.77.